The number of nitrogens with one attached hydrogen (secondary N) is 1. The minimum atomic E-state index is 0.832. The summed E-state index contributed by atoms with van der Waals surface area (Å²) in [5, 5.41) is 3.77. The molecule has 0 heterocycles. The Balaban J connectivity index is 2.35. The topological polar surface area (TPSA) is 12.0 Å². The van der Waals surface area contributed by atoms with E-state index < -0.39 is 0 Å². The van der Waals surface area contributed by atoms with E-state index in [-0.39, 0.29) is 0 Å². The molecule has 2 unspecified atom stereocenters. The minimum absolute atomic E-state index is 0.832. The molecule has 90 valence electrons. The molecule has 1 heteroatoms. The van der Waals surface area contributed by atoms with Gasteiger partial charge in [0.05, 0.1) is 0 Å². The second kappa shape index (κ2) is 8.15. The van der Waals surface area contributed by atoms with E-state index >= 15 is 0 Å². The molecule has 0 bridgehead atoms. The summed E-state index contributed by atoms with van der Waals surface area (Å²) in [5.41, 5.74) is 0. The van der Waals surface area contributed by atoms with Crippen molar-refractivity contribution < 1.29 is 0 Å². The molecule has 1 aliphatic rings. The first-order valence-corrected chi connectivity index (χ1v) is 7.11. The Hall–Kier alpha value is -0.0400. The Morgan fingerprint density at radius 2 is 1.80 bits per heavy atom. The first-order chi connectivity index (χ1) is 7.38. The van der Waals surface area contributed by atoms with Gasteiger partial charge in [0.25, 0.3) is 0 Å². The summed E-state index contributed by atoms with van der Waals surface area (Å²) in [6, 6.07) is 0.832. The average molecular weight is 211 g/mol. The molecule has 0 aromatic rings. The van der Waals surface area contributed by atoms with Crippen LogP contribution in [0.15, 0.2) is 0 Å². The molecular formula is C14H29N. The largest absolute Gasteiger partial charge is 0.314 e. The van der Waals surface area contributed by atoms with Gasteiger partial charge in [0.2, 0.25) is 0 Å². The first kappa shape index (κ1) is 13.0. The third-order valence-corrected chi connectivity index (χ3v) is 3.74. The van der Waals surface area contributed by atoms with Crippen LogP contribution in [0, 0.1) is 5.92 Å². The van der Waals surface area contributed by atoms with Crippen LogP contribution in [0.4, 0.5) is 0 Å². The maximum Gasteiger partial charge on any atom is 0.00953 e. The summed E-state index contributed by atoms with van der Waals surface area (Å²) in [6.07, 6.45) is 12.8. The van der Waals surface area contributed by atoms with Gasteiger partial charge in [0.1, 0.15) is 0 Å². The van der Waals surface area contributed by atoms with E-state index in [1.165, 1.54) is 64.3 Å². The van der Waals surface area contributed by atoms with Gasteiger partial charge in [-0.05, 0) is 38.1 Å². The van der Waals surface area contributed by atoms with Gasteiger partial charge in [-0.15, -0.1) is 0 Å². The van der Waals surface area contributed by atoms with E-state index in [4.69, 9.17) is 0 Å². The minimum Gasteiger partial charge on any atom is -0.314 e. The Morgan fingerprint density at radius 1 is 1.00 bits per heavy atom. The van der Waals surface area contributed by atoms with Crippen molar-refractivity contribution in [3.8, 4) is 0 Å². The normalized spacial score (nSPS) is 27.6. The van der Waals surface area contributed by atoms with E-state index in [9.17, 15) is 0 Å². The Morgan fingerprint density at radius 3 is 2.53 bits per heavy atom. The molecule has 1 saturated carbocycles. The molecule has 0 saturated heterocycles. The fourth-order valence-corrected chi connectivity index (χ4v) is 2.79. The molecule has 2 atom stereocenters. The van der Waals surface area contributed by atoms with Gasteiger partial charge in [0, 0.05) is 6.04 Å². The van der Waals surface area contributed by atoms with Gasteiger partial charge in [-0.2, -0.15) is 0 Å². The van der Waals surface area contributed by atoms with Crippen LogP contribution < -0.4 is 5.32 Å². The summed E-state index contributed by atoms with van der Waals surface area (Å²) >= 11 is 0. The molecule has 15 heavy (non-hydrogen) atoms. The molecular weight excluding hydrogens is 182 g/mol. The Bertz CT molecular complexity index is 128. The van der Waals surface area contributed by atoms with Crippen molar-refractivity contribution in [3.05, 3.63) is 0 Å². The van der Waals surface area contributed by atoms with Gasteiger partial charge < -0.3 is 5.32 Å². The van der Waals surface area contributed by atoms with E-state index in [2.05, 4.69) is 19.2 Å². The maximum atomic E-state index is 3.77. The molecule has 0 aromatic carbocycles. The van der Waals surface area contributed by atoms with Crippen molar-refractivity contribution in [2.75, 3.05) is 6.54 Å². The predicted octanol–water partition coefficient (Wildman–Crippen LogP) is 4.13. The van der Waals surface area contributed by atoms with Crippen LogP contribution in [0.25, 0.3) is 0 Å². The standard InChI is InChI=1S/C14H29N/c1-3-5-9-13-10-7-6-8-11-14(13)15-12-4-2/h13-15H,3-12H2,1-2H3. The summed E-state index contributed by atoms with van der Waals surface area (Å²) in [7, 11) is 0. The highest BCUT2D eigenvalue weighted by atomic mass is 14.9. The zero-order valence-corrected chi connectivity index (χ0v) is 10.7. The lowest BCUT2D eigenvalue weighted by atomic mass is 9.89. The summed E-state index contributed by atoms with van der Waals surface area (Å²) in [5.74, 6) is 0.971. The SMILES string of the molecule is CCCCC1CCCCCC1NCCC. The maximum absolute atomic E-state index is 3.77. The number of rotatable bonds is 6. The van der Waals surface area contributed by atoms with E-state index in [1.807, 2.05) is 0 Å². The van der Waals surface area contributed by atoms with Crippen LogP contribution in [-0.2, 0) is 0 Å². The summed E-state index contributed by atoms with van der Waals surface area (Å²) in [6.45, 7) is 5.79. The zero-order chi connectivity index (χ0) is 10.9. The number of unbranched alkanes of at least 4 members (excludes halogenated alkanes) is 1. The zero-order valence-electron chi connectivity index (χ0n) is 10.7. The molecule has 1 aliphatic carbocycles. The summed E-state index contributed by atoms with van der Waals surface area (Å²) in [4.78, 5) is 0. The van der Waals surface area contributed by atoms with Crippen LogP contribution in [0.1, 0.15) is 71.6 Å². The molecule has 1 fully saturated rings. The van der Waals surface area contributed by atoms with Crippen molar-refractivity contribution >= 4 is 0 Å². The Labute approximate surface area is 96.0 Å². The highest BCUT2D eigenvalue weighted by Crippen LogP contribution is 2.27. The fourth-order valence-electron chi connectivity index (χ4n) is 2.79. The van der Waals surface area contributed by atoms with Crippen molar-refractivity contribution in [2.24, 2.45) is 5.92 Å². The van der Waals surface area contributed by atoms with Crippen LogP contribution in [0.2, 0.25) is 0 Å². The van der Waals surface area contributed by atoms with Gasteiger partial charge in [0.15, 0.2) is 0 Å². The van der Waals surface area contributed by atoms with Crippen molar-refractivity contribution in [1.82, 2.24) is 5.32 Å². The number of hydrogen-bond donors (Lipinski definition) is 1. The first-order valence-electron chi connectivity index (χ1n) is 7.11. The lowest BCUT2D eigenvalue weighted by molar-refractivity contribution is 0.310. The van der Waals surface area contributed by atoms with Crippen LogP contribution in [-0.4, -0.2) is 12.6 Å². The Kier molecular flexibility index (Phi) is 7.08. The molecule has 0 aromatic heterocycles. The third-order valence-electron chi connectivity index (χ3n) is 3.74. The van der Waals surface area contributed by atoms with Crippen molar-refractivity contribution in [3.63, 3.8) is 0 Å². The predicted molar refractivity (Wildman–Crippen MR) is 68.2 cm³/mol. The molecule has 1 rings (SSSR count). The molecule has 0 spiro atoms. The lowest BCUT2D eigenvalue weighted by Crippen LogP contribution is -2.36. The van der Waals surface area contributed by atoms with Gasteiger partial charge in [-0.25, -0.2) is 0 Å². The quantitative estimate of drug-likeness (QED) is 0.652. The smallest absolute Gasteiger partial charge is 0.00953 e. The fraction of sp³-hybridized carbons (Fsp3) is 1.00. The van der Waals surface area contributed by atoms with Gasteiger partial charge >= 0.3 is 0 Å². The van der Waals surface area contributed by atoms with E-state index in [1.54, 1.807) is 0 Å². The third kappa shape index (κ3) is 5.01. The van der Waals surface area contributed by atoms with Crippen LogP contribution in [0.5, 0.6) is 0 Å². The van der Waals surface area contributed by atoms with Gasteiger partial charge in [-0.1, -0.05) is 46.0 Å². The van der Waals surface area contributed by atoms with E-state index in [0.29, 0.717) is 0 Å². The number of hydrogen-bond acceptors (Lipinski definition) is 1. The van der Waals surface area contributed by atoms with Crippen LogP contribution >= 0.6 is 0 Å². The molecule has 0 aliphatic heterocycles. The molecule has 1 N–H and O–H groups in total. The molecule has 1 nitrogen and oxygen atoms in total. The van der Waals surface area contributed by atoms with Crippen molar-refractivity contribution in [2.45, 2.75) is 77.7 Å². The lowest BCUT2D eigenvalue weighted by Gasteiger charge is -2.26. The average Bonchev–Trinajstić information content (AvgIpc) is 2.48. The van der Waals surface area contributed by atoms with Crippen molar-refractivity contribution in [1.29, 1.82) is 0 Å². The molecule has 0 radical (unpaired) electrons. The highest BCUT2D eigenvalue weighted by Gasteiger charge is 2.22. The second-order valence-electron chi connectivity index (χ2n) is 5.10. The molecule has 0 amide bonds. The summed E-state index contributed by atoms with van der Waals surface area (Å²) < 4.78 is 0. The highest BCUT2D eigenvalue weighted by molar-refractivity contribution is 4.79. The van der Waals surface area contributed by atoms with Gasteiger partial charge in [-0.3, -0.25) is 0 Å². The second-order valence-corrected chi connectivity index (χ2v) is 5.10. The van der Waals surface area contributed by atoms with Crippen LogP contribution in [0.3, 0.4) is 0 Å². The van der Waals surface area contributed by atoms with E-state index in [0.717, 1.165) is 12.0 Å². The monoisotopic (exact) mass is 211 g/mol.